The SMILES string of the molecule is Nc1nccnc1Nc1cccc(I)c1. The fourth-order valence-electron chi connectivity index (χ4n) is 1.15. The van der Waals surface area contributed by atoms with Crippen LogP contribution in [-0.4, -0.2) is 9.97 Å². The highest BCUT2D eigenvalue weighted by Gasteiger charge is 2.00. The molecule has 0 aliphatic heterocycles. The van der Waals surface area contributed by atoms with Crippen LogP contribution in [0.2, 0.25) is 0 Å². The van der Waals surface area contributed by atoms with E-state index in [1.54, 1.807) is 12.4 Å². The molecule has 2 rings (SSSR count). The molecule has 0 bridgehead atoms. The number of anilines is 3. The molecule has 1 heterocycles. The average Bonchev–Trinajstić information content (AvgIpc) is 2.22. The molecule has 0 fully saturated rings. The Labute approximate surface area is 101 Å². The van der Waals surface area contributed by atoms with Crippen molar-refractivity contribution in [2.45, 2.75) is 0 Å². The monoisotopic (exact) mass is 312 g/mol. The van der Waals surface area contributed by atoms with E-state index in [0.29, 0.717) is 11.6 Å². The third kappa shape index (κ3) is 2.56. The second-order valence-corrected chi connectivity index (χ2v) is 4.17. The topological polar surface area (TPSA) is 63.8 Å². The van der Waals surface area contributed by atoms with Crippen molar-refractivity contribution < 1.29 is 0 Å². The summed E-state index contributed by atoms with van der Waals surface area (Å²) in [6, 6.07) is 7.95. The summed E-state index contributed by atoms with van der Waals surface area (Å²) in [5.41, 5.74) is 6.62. The van der Waals surface area contributed by atoms with Gasteiger partial charge in [-0.05, 0) is 40.8 Å². The number of rotatable bonds is 2. The van der Waals surface area contributed by atoms with Gasteiger partial charge >= 0.3 is 0 Å². The molecule has 1 aromatic carbocycles. The zero-order valence-corrected chi connectivity index (χ0v) is 9.97. The Morgan fingerprint density at radius 2 is 2.00 bits per heavy atom. The molecule has 0 aliphatic carbocycles. The summed E-state index contributed by atoms with van der Waals surface area (Å²) in [5.74, 6) is 0.982. The van der Waals surface area contributed by atoms with Crippen molar-refractivity contribution in [2.24, 2.45) is 0 Å². The summed E-state index contributed by atoms with van der Waals surface area (Å²) >= 11 is 2.25. The molecule has 0 atom stereocenters. The molecule has 0 saturated carbocycles. The van der Waals surface area contributed by atoms with Crippen LogP contribution in [0, 0.1) is 3.57 Å². The minimum Gasteiger partial charge on any atom is -0.381 e. The molecule has 2 aromatic rings. The Bertz CT molecular complexity index is 472. The highest BCUT2D eigenvalue weighted by Crippen LogP contribution is 2.19. The Hall–Kier alpha value is -1.37. The first kappa shape index (κ1) is 10.2. The molecular weight excluding hydrogens is 303 g/mol. The van der Waals surface area contributed by atoms with Crippen molar-refractivity contribution in [3.63, 3.8) is 0 Å². The normalized spacial score (nSPS) is 9.93. The van der Waals surface area contributed by atoms with Crippen LogP contribution in [0.5, 0.6) is 0 Å². The second-order valence-electron chi connectivity index (χ2n) is 2.93. The van der Waals surface area contributed by atoms with Crippen LogP contribution in [0.1, 0.15) is 0 Å². The van der Waals surface area contributed by atoms with Crippen molar-refractivity contribution in [3.05, 3.63) is 40.2 Å². The highest BCUT2D eigenvalue weighted by atomic mass is 127. The number of nitrogens with one attached hydrogen (secondary N) is 1. The van der Waals surface area contributed by atoms with E-state index < -0.39 is 0 Å². The maximum atomic E-state index is 5.67. The van der Waals surface area contributed by atoms with E-state index in [2.05, 4.69) is 37.9 Å². The highest BCUT2D eigenvalue weighted by molar-refractivity contribution is 14.1. The number of hydrogen-bond donors (Lipinski definition) is 2. The maximum absolute atomic E-state index is 5.67. The molecule has 0 saturated heterocycles. The summed E-state index contributed by atoms with van der Waals surface area (Å²) in [5, 5.41) is 3.11. The number of nitrogens with zero attached hydrogens (tertiary/aromatic N) is 2. The van der Waals surface area contributed by atoms with Crippen molar-refractivity contribution in [3.8, 4) is 0 Å². The quantitative estimate of drug-likeness (QED) is 0.836. The van der Waals surface area contributed by atoms with E-state index in [1.807, 2.05) is 24.3 Å². The van der Waals surface area contributed by atoms with E-state index in [-0.39, 0.29) is 0 Å². The molecule has 0 spiro atoms. The summed E-state index contributed by atoms with van der Waals surface area (Å²) in [6.07, 6.45) is 3.17. The number of nitrogen functional groups attached to an aromatic ring is 1. The van der Waals surface area contributed by atoms with Crippen LogP contribution in [0.15, 0.2) is 36.7 Å². The largest absolute Gasteiger partial charge is 0.381 e. The molecular formula is C10H9IN4. The molecule has 3 N–H and O–H groups in total. The van der Waals surface area contributed by atoms with Gasteiger partial charge in [0.2, 0.25) is 0 Å². The van der Waals surface area contributed by atoms with Crippen molar-refractivity contribution in [1.29, 1.82) is 0 Å². The number of hydrogen-bond acceptors (Lipinski definition) is 4. The van der Waals surface area contributed by atoms with Crippen LogP contribution in [0.3, 0.4) is 0 Å². The van der Waals surface area contributed by atoms with Crippen LogP contribution in [0.25, 0.3) is 0 Å². The predicted molar refractivity (Wildman–Crippen MR) is 68.9 cm³/mol. The van der Waals surface area contributed by atoms with Crippen molar-refractivity contribution in [2.75, 3.05) is 11.1 Å². The zero-order valence-electron chi connectivity index (χ0n) is 7.81. The van der Waals surface area contributed by atoms with Gasteiger partial charge in [0.1, 0.15) is 0 Å². The minimum absolute atomic E-state index is 0.399. The number of aromatic nitrogens is 2. The first-order chi connectivity index (χ1) is 7.25. The predicted octanol–water partition coefficient (Wildman–Crippen LogP) is 2.41. The van der Waals surface area contributed by atoms with E-state index in [4.69, 9.17) is 5.73 Å². The van der Waals surface area contributed by atoms with E-state index in [1.165, 1.54) is 0 Å². The van der Waals surface area contributed by atoms with E-state index in [9.17, 15) is 0 Å². The maximum Gasteiger partial charge on any atom is 0.173 e. The molecule has 15 heavy (non-hydrogen) atoms. The lowest BCUT2D eigenvalue weighted by Crippen LogP contribution is -2.00. The summed E-state index contributed by atoms with van der Waals surface area (Å²) in [4.78, 5) is 8.05. The smallest absolute Gasteiger partial charge is 0.173 e. The molecule has 76 valence electrons. The number of halogens is 1. The van der Waals surface area contributed by atoms with Gasteiger partial charge in [-0.25, -0.2) is 9.97 Å². The van der Waals surface area contributed by atoms with Crippen molar-refractivity contribution >= 4 is 39.9 Å². The van der Waals surface area contributed by atoms with Crippen LogP contribution in [0.4, 0.5) is 17.3 Å². The minimum atomic E-state index is 0.399. The lowest BCUT2D eigenvalue weighted by Gasteiger charge is -2.06. The first-order valence-corrected chi connectivity index (χ1v) is 5.42. The van der Waals surface area contributed by atoms with E-state index >= 15 is 0 Å². The zero-order chi connectivity index (χ0) is 10.7. The molecule has 0 amide bonds. The molecule has 5 heteroatoms. The molecule has 0 aliphatic rings. The lowest BCUT2D eigenvalue weighted by molar-refractivity contribution is 1.21. The third-order valence-corrected chi connectivity index (χ3v) is 2.48. The van der Waals surface area contributed by atoms with Gasteiger partial charge in [0.05, 0.1) is 0 Å². The first-order valence-electron chi connectivity index (χ1n) is 4.35. The fourth-order valence-corrected chi connectivity index (χ4v) is 1.69. The van der Waals surface area contributed by atoms with Gasteiger partial charge in [-0.15, -0.1) is 0 Å². The number of nitrogens with two attached hydrogens (primary N) is 1. The number of benzene rings is 1. The summed E-state index contributed by atoms with van der Waals surface area (Å²) < 4.78 is 1.15. The Kier molecular flexibility index (Phi) is 3.00. The Morgan fingerprint density at radius 1 is 1.20 bits per heavy atom. The van der Waals surface area contributed by atoms with Gasteiger partial charge in [-0.1, -0.05) is 6.07 Å². The van der Waals surface area contributed by atoms with Gasteiger partial charge in [-0.3, -0.25) is 0 Å². The summed E-state index contributed by atoms with van der Waals surface area (Å²) in [7, 11) is 0. The summed E-state index contributed by atoms with van der Waals surface area (Å²) in [6.45, 7) is 0. The van der Waals surface area contributed by atoms with Crippen LogP contribution >= 0.6 is 22.6 Å². The second kappa shape index (κ2) is 4.43. The Morgan fingerprint density at radius 3 is 2.73 bits per heavy atom. The average molecular weight is 312 g/mol. The third-order valence-electron chi connectivity index (χ3n) is 1.81. The lowest BCUT2D eigenvalue weighted by atomic mass is 10.3. The van der Waals surface area contributed by atoms with Crippen LogP contribution < -0.4 is 11.1 Å². The van der Waals surface area contributed by atoms with Crippen LogP contribution in [-0.2, 0) is 0 Å². The Balaban J connectivity index is 2.26. The van der Waals surface area contributed by atoms with Gasteiger partial charge in [0.25, 0.3) is 0 Å². The van der Waals surface area contributed by atoms with Crippen molar-refractivity contribution in [1.82, 2.24) is 9.97 Å². The van der Waals surface area contributed by atoms with E-state index in [0.717, 1.165) is 9.26 Å². The standard InChI is InChI=1S/C10H9IN4/c11-7-2-1-3-8(6-7)15-10-9(12)13-4-5-14-10/h1-6H,(H2,12,13)(H,14,15). The fraction of sp³-hybridized carbons (Fsp3) is 0. The van der Waals surface area contributed by atoms with Gasteiger partial charge in [0, 0.05) is 21.7 Å². The van der Waals surface area contributed by atoms with Gasteiger partial charge < -0.3 is 11.1 Å². The molecule has 4 nitrogen and oxygen atoms in total. The van der Waals surface area contributed by atoms with Gasteiger partial charge in [-0.2, -0.15) is 0 Å². The van der Waals surface area contributed by atoms with Gasteiger partial charge in [0.15, 0.2) is 11.6 Å². The molecule has 1 aromatic heterocycles. The molecule has 0 radical (unpaired) electrons. The molecule has 0 unspecified atom stereocenters.